The molecule has 0 rings (SSSR count). The van der Waals surface area contributed by atoms with Crippen LogP contribution in [0.1, 0.15) is 271 Å². The predicted molar refractivity (Wildman–Crippen MR) is 289 cm³/mol. The smallest absolute Gasteiger partial charge is 0.463 e. The van der Waals surface area contributed by atoms with Crippen molar-refractivity contribution in [2.45, 2.75) is 289 Å². The lowest BCUT2D eigenvalue weighted by atomic mass is 10.0. The van der Waals surface area contributed by atoms with Crippen molar-refractivity contribution in [3.63, 3.8) is 0 Å². The van der Waals surface area contributed by atoms with Crippen LogP contribution in [-0.2, 0) is 46.3 Å². The quantitative estimate of drug-likeness (QED) is 0.0165. The van der Waals surface area contributed by atoms with Crippen LogP contribution < -0.4 is 0 Å². The van der Waals surface area contributed by atoms with Gasteiger partial charge in [0, 0.05) is 12.8 Å². The highest BCUT2D eigenvalue weighted by molar-refractivity contribution is 7.47. The highest BCUT2D eigenvalue weighted by atomic mass is 31.2. The van der Waals surface area contributed by atoms with Crippen LogP contribution in [0.15, 0.2) is 12.2 Å². The van der Waals surface area contributed by atoms with Crippen molar-refractivity contribution in [3.05, 3.63) is 12.2 Å². The molecule has 0 aliphatic carbocycles. The van der Waals surface area contributed by atoms with Crippen LogP contribution in [0.5, 0.6) is 0 Å². The average molecular weight is 1070 g/mol. The van der Waals surface area contributed by atoms with Crippen molar-refractivity contribution in [1.29, 1.82) is 0 Å². The van der Waals surface area contributed by atoms with Gasteiger partial charge in [-0.3, -0.25) is 27.7 Å². The van der Waals surface area contributed by atoms with Gasteiger partial charge in [-0.2, -0.15) is 0 Å². The molecule has 5 N–H and O–H groups in total. The summed E-state index contributed by atoms with van der Waals surface area (Å²) in [5.41, 5.74) is 0. The van der Waals surface area contributed by atoms with Gasteiger partial charge in [0.15, 0.2) is 0 Å². The van der Waals surface area contributed by atoms with Gasteiger partial charge in [-0.05, 0) is 38.5 Å². The number of carbonyl (C=O) groups excluding carboxylic acids is 2. The minimum absolute atomic E-state index is 0.199. The summed E-state index contributed by atoms with van der Waals surface area (Å²) in [7, 11) is -9.57. The fourth-order valence-corrected chi connectivity index (χ4v) is 9.80. The van der Waals surface area contributed by atoms with E-state index in [1.165, 1.54) is 193 Å². The Morgan fingerprint density at radius 1 is 0.347 bits per heavy atom. The minimum atomic E-state index is -4.79. The molecule has 0 saturated heterocycles. The number of aliphatic hydroxyl groups is 3. The molecule has 0 fully saturated rings. The molecule has 0 aliphatic heterocycles. The van der Waals surface area contributed by atoms with E-state index in [2.05, 4.69) is 35.0 Å². The average Bonchev–Trinajstić information content (AvgIpc) is 3.36. The fourth-order valence-electron chi connectivity index (χ4n) is 8.21. The van der Waals surface area contributed by atoms with Gasteiger partial charge in [-0.15, -0.1) is 0 Å². The largest absolute Gasteiger partial charge is 0.472 e. The molecule has 5 atom stereocenters. The molecule has 15 nitrogen and oxygen atoms in total. The Morgan fingerprint density at radius 2 is 0.556 bits per heavy atom. The van der Waals surface area contributed by atoms with E-state index in [0.717, 1.165) is 38.5 Å². The first-order valence-corrected chi connectivity index (χ1v) is 32.0. The van der Waals surface area contributed by atoms with Gasteiger partial charge in [0.2, 0.25) is 0 Å². The van der Waals surface area contributed by atoms with Crippen molar-refractivity contribution < 1.29 is 71.4 Å². The molecule has 428 valence electrons. The van der Waals surface area contributed by atoms with Crippen LogP contribution in [-0.4, -0.2) is 95.0 Å². The number of allylic oxidation sites excluding steroid dienone is 2. The third-order valence-corrected chi connectivity index (χ3v) is 14.6. The Balaban J connectivity index is 3.78. The van der Waals surface area contributed by atoms with Crippen molar-refractivity contribution in [2.24, 2.45) is 0 Å². The number of carbonyl (C=O) groups is 2. The fraction of sp³-hybridized carbons (Fsp3) is 0.927. The van der Waals surface area contributed by atoms with E-state index in [4.69, 9.17) is 18.5 Å². The Bertz CT molecular complexity index is 1340. The molecule has 0 aromatic rings. The molecule has 0 saturated carbocycles. The second-order valence-corrected chi connectivity index (χ2v) is 22.9. The third kappa shape index (κ3) is 53.6. The van der Waals surface area contributed by atoms with Crippen LogP contribution in [0.2, 0.25) is 0 Å². The van der Waals surface area contributed by atoms with Crippen molar-refractivity contribution in [2.75, 3.05) is 39.6 Å². The molecule has 0 bridgehead atoms. The SMILES string of the molecule is CCCCCCCC/C=C/CCCCCCCCCCCCCC(=O)OCC(O)COP(=O)(O)OCC(O)COP(=O)(O)OCC(O)COC(=O)CCCCCCCCCCCCCCCCCCCCC. The standard InChI is InChI=1S/C55H108O15P2/c1-3-5-7-9-11-13-15-17-19-21-23-24-26-28-30-32-34-36-38-40-42-44-55(60)66-46-52(57)48-68-72(63,64)70-50-53(58)49-69-71(61,62)67-47-51(56)45-65-54(59)43-41-39-37-35-33-31-29-27-25-22-20-18-16-14-12-10-8-6-4-2/h17,19,51-53,56-58H,3-16,18,20-50H2,1-2H3,(H,61,62)(H,63,64)/b19-17+. The van der Waals surface area contributed by atoms with E-state index in [1.807, 2.05) is 0 Å². The summed E-state index contributed by atoms with van der Waals surface area (Å²) in [6.07, 6.45) is 47.6. The van der Waals surface area contributed by atoms with Gasteiger partial charge in [0.1, 0.15) is 31.5 Å². The molecule has 0 radical (unpaired) electrons. The summed E-state index contributed by atoms with van der Waals surface area (Å²) in [5.74, 6) is -0.982. The first-order chi connectivity index (χ1) is 34.8. The van der Waals surface area contributed by atoms with E-state index >= 15 is 0 Å². The summed E-state index contributed by atoms with van der Waals surface area (Å²) in [5, 5.41) is 30.2. The normalized spacial score (nSPS) is 14.8. The number of esters is 2. The summed E-state index contributed by atoms with van der Waals surface area (Å²) < 4.78 is 53.2. The molecule has 0 amide bonds. The zero-order chi connectivity index (χ0) is 53.1. The molecule has 0 aromatic heterocycles. The van der Waals surface area contributed by atoms with E-state index in [9.17, 15) is 43.8 Å². The lowest BCUT2D eigenvalue weighted by Gasteiger charge is -2.19. The molecule has 0 aromatic carbocycles. The number of hydrogen-bond acceptors (Lipinski definition) is 13. The van der Waals surface area contributed by atoms with E-state index in [0.29, 0.717) is 12.8 Å². The first kappa shape index (κ1) is 70.8. The van der Waals surface area contributed by atoms with Crippen LogP contribution in [0, 0.1) is 0 Å². The van der Waals surface area contributed by atoms with E-state index < -0.39 is 85.5 Å². The zero-order valence-corrected chi connectivity index (χ0v) is 47.4. The van der Waals surface area contributed by atoms with E-state index in [-0.39, 0.29) is 12.8 Å². The second kappa shape index (κ2) is 51.9. The minimum Gasteiger partial charge on any atom is -0.463 e. The second-order valence-electron chi connectivity index (χ2n) is 20.0. The molecule has 17 heteroatoms. The predicted octanol–water partition coefficient (Wildman–Crippen LogP) is 14.6. The lowest BCUT2D eigenvalue weighted by Crippen LogP contribution is -2.25. The first-order valence-electron chi connectivity index (χ1n) is 29.0. The Labute approximate surface area is 438 Å². The summed E-state index contributed by atoms with van der Waals surface area (Å²) >= 11 is 0. The van der Waals surface area contributed by atoms with Crippen LogP contribution in [0.3, 0.4) is 0 Å². The molecule has 0 spiro atoms. The maximum absolute atomic E-state index is 12.2. The maximum Gasteiger partial charge on any atom is 0.472 e. The van der Waals surface area contributed by atoms with Crippen LogP contribution in [0.25, 0.3) is 0 Å². The van der Waals surface area contributed by atoms with Gasteiger partial charge < -0.3 is 34.6 Å². The Morgan fingerprint density at radius 3 is 0.806 bits per heavy atom. The van der Waals surface area contributed by atoms with Gasteiger partial charge in [0.05, 0.1) is 26.4 Å². The van der Waals surface area contributed by atoms with Gasteiger partial charge in [0.25, 0.3) is 0 Å². The van der Waals surface area contributed by atoms with Crippen molar-refractivity contribution in [3.8, 4) is 0 Å². The van der Waals surface area contributed by atoms with Gasteiger partial charge in [-0.1, -0.05) is 231 Å². The van der Waals surface area contributed by atoms with Crippen LogP contribution >= 0.6 is 15.6 Å². The number of unbranched alkanes of at least 4 members (excludes halogenated alkanes) is 35. The Hall–Kier alpha value is -1.22. The van der Waals surface area contributed by atoms with Crippen LogP contribution in [0.4, 0.5) is 0 Å². The Kier molecular flexibility index (Phi) is 51.0. The third-order valence-electron chi connectivity index (χ3n) is 12.7. The molecule has 5 unspecified atom stereocenters. The number of aliphatic hydroxyl groups excluding tert-OH is 3. The lowest BCUT2D eigenvalue weighted by molar-refractivity contribution is -0.148. The summed E-state index contributed by atoms with van der Waals surface area (Å²) in [6.45, 7) is 0.498. The maximum atomic E-state index is 12.2. The topological polar surface area (TPSA) is 225 Å². The zero-order valence-electron chi connectivity index (χ0n) is 45.6. The molecule has 0 aliphatic rings. The molecule has 72 heavy (non-hydrogen) atoms. The number of ether oxygens (including phenoxy) is 2. The van der Waals surface area contributed by atoms with E-state index in [1.54, 1.807) is 0 Å². The molecular weight excluding hydrogens is 963 g/mol. The number of phosphoric acid groups is 2. The van der Waals surface area contributed by atoms with Crippen molar-refractivity contribution in [1.82, 2.24) is 0 Å². The van der Waals surface area contributed by atoms with Gasteiger partial charge in [-0.25, -0.2) is 9.13 Å². The monoisotopic (exact) mass is 1070 g/mol. The number of hydrogen-bond donors (Lipinski definition) is 5. The summed E-state index contributed by atoms with van der Waals surface area (Å²) in [4.78, 5) is 44.0. The highest BCUT2D eigenvalue weighted by Gasteiger charge is 2.28. The number of rotatable bonds is 57. The molecular formula is C55H108O15P2. The number of phosphoric ester groups is 2. The van der Waals surface area contributed by atoms with Crippen molar-refractivity contribution >= 4 is 27.6 Å². The molecule has 0 heterocycles. The summed E-state index contributed by atoms with van der Waals surface area (Å²) in [6, 6.07) is 0. The van der Waals surface area contributed by atoms with Gasteiger partial charge >= 0.3 is 27.6 Å². The highest BCUT2D eigenvalue weighted by Crippen LogP contribution is 2.45.